The summed E-state index contributed by atoms with van der Waals surface area (Å²) in [6.07, 6.45) is 0. The van der Waals surface area contributed by atoms with Crippen LogP contribution in [-0.2, 0) is 6.54 Å². The van der Waals surface area contributed by atoms with Gasteiger partial charge in [0.25, 0.3) is 0 Å². The highest BCUT2D eigenvalue weighted by Gasteiger charge is 2.15. The van der Waals surface area contributed by atoms with Gasteiger partial charge in [0.05, 0.1) is 31.3 Å². The predicted octanol–water partition coefficient (Wildman–Crippen LogP) is 7.37. The normalized spacial score (nSPS) is 10.8. The minimum atomic E-state index is 0.677. The van der Waals surface area contributed by atoms with Crippen molar-refractivity contribution in [2.75, 3.05) is 24.9 Å². The van der Waals surface area contributed by atoms with Gasteiger partial charge in [-0.15, -0.1) is 0 Å². The molecule has 164 valence electrons. The van der Waals surface area contributed by atoms with E-state index in [1.54, 1.807) is 14.2 Å². The molecule has 0 aliphatic carbocycles. The van der Waals surface area contributed by atoms with E-state index in [-0.39, 0.29) is 0 Å². The lowest BCUT2D eigenvalue weighted by Crippen LogP contribution is -2.04. The topological polar surface area (TPSA) is 42.5 Å². The highest BCUT2D eigenvalue weighted by molar-refractivity contribution is 6.14. The molecular weight excluding hydrogens is 408 g/mol. The van der Waals surface area contributed by atoms with Crippen LogP contribution in [-0.4, -0.2) is 14.2 Å². The maximum absolute atomic E-state index is 5.59. The average molecular weight is 435 g/mol. The smallest absolute Gasteiger partial charge is 0.142 e. The van der Waals surface area contributed by atoms with E-state index in [2.05, 4.69) is 59.2 Å². The first-order chi connectivity index (χ1) is 16.3. The molecule has 4 nitrogen and oxygen atoms in total. The fraction of sp³-hybridized carbons (Fsp3) is 0.103. The molecule has 5 aromatic carbocycles. The number of nitrogens with one attached hydrogen (secondary N) is 2. The van der Waals surface area contributed by atoms with Crippen LogP contribution < -0.4 is 20.1 Å². The summed E-state index contributed by atoms with van der Waals surface area (Å²) in [6.45, 7) is 0.677. The van der Waals surface area contributed by atoms with Gasteiger partial charge in [0.2, 0.25) is 0 Å². The Bertz CT molecular complexity index is 1370. The second kappa shape index (κ2) is 9.13. The summed E-state index contributed by atoms with van der Waals surface area (Å²) in [7, 11) is 3.40. The molecule has 0 saturated heterocycles. The number of benzene rings is 5. The zero-order valence-corrected chi connectivity index (χ0v) is 18.8. The van der Waals surface area contributed by atoms with Crippen LogP contribution in [0.1, 0.15) is 5.56 Å². The third-order valence-electron chi connectivity index (χ3n) is 5.97. The number of methoxy groups -OCH3 is 2. The molecule has 5 aromatic rings. The largest absolute Gasteiger partial charge is 0.495 e. The van der Waals surface area contributed by atoms with E-state index in [1.807, 2.05) is 48.5 Å². The summed E-state index contributed by atoms with van der Waals surface area (Å²) < 4.78 is 11.1. The van der Waals surface area contributed by atoms with Gasteiger partial charge >= 0.3 is 0 Å². The summed E-state index contributed by atoms with van der Waals surface area (Å²) in [6, 6.07) is 33.1. The second-order valence-electron chi connectivity index (χ2n) is 7.82. The van der Waals surface area contributed by atoms with Gasteiger partial charge in [0.1, 0.15) is 11.5 Å². The highest BCUT2D eigenvalue weighted by Crippen LogP contribution is 2.40. The maximum atomic E-state index is 5.59. The summed E-state index contributed by atoms with van der Waals surface area (Å²) in [5.41, 5.74) is 4.24. The van der Waals surface area contributed by atoms with Crippen LogP contribution in [0, 0.1) is 0 Å². The van der Waals surface area contributed by atoms with E-state index < -0.39 is 0 Å². The molecular formula is C29H26N2O2. The van der Waals surface area contributed by atoms with Gasteiger partial charge in [0.15, 0.2) is 0 Å². The van der Waals surface area contributed by atoms with Crippen LogP contribution in [0.3, 0.4) is 0 Å². The van der Waals surface area contributed by atoms with Crippen molar-refractivity contribution in [1.82, 2.24) is 0 Å². The van der Waals surface area contributed by atoms with Crippen LogP contribution in [0.25, 0.3) is 21.5 Å². The number of anilines is 3. The Balaban J connectivity index is 1.66. The maximum Gasteiger partial charge on any atom is 0.142 e. The fourth-order valence-corrected chi connectivity index (χ4v) is 4.40. The predicted molar refractivity (Wildman–Crippen MR) is 138 cm³/mol. The van der Waals surface area contributed by atoms with Crippen molar-refractivity contribution in [3.8, 4) is 11.5 Å². The molecule has 2 N–H and O–H groups in total. The van der Waals surface area contributed by atoms with Crippen LogP contribution in [0.4, 0.5) is 17.1 Å². The van der Waals surface area contributed by atoms with Gasteiger partial charge in [-0.25, -0.2) is 0 Å². The minimum Gasteiger partial charge on any atom is -0.495 e. The van der Waals surface area contributed by atoms with Crippen LogP contribution in [0.5, 0.6) is 11.5 Å². The Labute approximate surface area is 193 Å². The lowest BCUT2D eigenvalue weighted by Gasteiger charge is -2.20. The first-order valence-corrected chi connectivity index (χ1v) is 11.0. The Morgan fingerprint density at radius 1 is 0.545 bits per heavy atom. The monoisotopic (exact) mass is 434 g/mol. The summed E-state index contributed by atoms with van der Waals surface area (Å²) >= 11 is 0. The first-order valence-electron chi connectivity index (χ1n) is 11.0. The molecule has 0 aliphatic heterocycles. The SMILES string of the molecule is COc1ccccc1NCc1c2ccccc2c(Nc2ccccc2OC)c2ccccc12. The van der Waals surface area contributed by atoms with Crippen molar-refractivity contribution in [3.05, 3.63) is 103 Å². The van der Waals surface area contributed by atoms with E-state index in [0.29, 0.717) is 6.54 Å². The fourth-order valence-electron chi connectivity index (χ4n) is 4.40. The van der Waals surface area contributed by atoms with E-state index in [4.69, 9.17) is 9.47 Å². The molecule has 0 radical (unpaired) electrons. The highest BCUT2D eigenvalue weighted by atomic mass is 16.5. The molecule has 0 amide bonds. The second-order valence-corrected chi connectivity index (χ2v) is 7.82. The Morgan fingerprint density at radius 2 is 1.00 bits per heavy atom. The van der Waals surface area contributed by atoms with E-state index in [0.717, 1.165) is 28.6 Å². The first kappa shape index (κ1) is 20.7. The van der Waals surface area contributed by atoms with Gasteiger partial charge in [-0.05, 0) is 40.6 Å². The Kier molecular flexibility index (Phi) is 5.73. The number of rotatable bonds is 7. The molecule has 0 aliphatic rings. The van der Waals surface area contributed by atoms with Crippen molar-refractivity contribution in [2.24, 2.45) is 0 Å². The number of hydrogen-bond acceptors (Lipinski definition) is 4. The zero-order valence-electron chi connectivity index (χ0n) is 18.8. The zero-order chi connectivity index (χ0) is 22.6. The Morgan fingerprint density at radius 3 is 1.58 bits per heavy atom. The lowest BCUT2D eigenvalue weighted by atomic mass is 9.94. The average Bonchev–Trinajstić information content (AvgIpc) is 2.88. The number of hydrogen-bond donors (Lipinski definition) is 2. The van der Waals surface area contributed by atoms with Crippen LogP contribution >= 0.6 is 0 Å². The van der Waals surface area contributed by atoms with Gasteiger partial charge in [0, 0.05) is 17.3 Å². The third-order valence-corrected chi connectivity index (χ3v) is 5.97. The van der Waals surface area contributed by atoms with E-state index >= 15 is 0 Å². The number of fused-ring (bicyclic) bond motifs is 2. The molecule has 5 rings (SSSR count). The Hall–Kier alpha value is -4.18. The summed E-state index contributed by atoms with van der Waals surface area (Å²) in [5.74, 6) is 1.65. The van der Waals surface area contributed by atoms with Gasteiger partial charge in [-0.1, -0.05) is 72.8 Å². The van der Waals surface area contributed by atoms with Gasteiger partial charge < -0.3 is 20.1 Å². The van der Waals surface area contributed by atoms with Crippen LogP contribution in [0.15, 0.2) is 97.1 Å². The van der Waals surface area contributed by atoms with E-state index in [1.165, 1.54) is 27.1 Å². The molecule has 0 heterocycles. The molecule has 4 heteroatoms. The van der Waals surface area contributed by atoms with E-state index in [9.17, 15) is 0 Å². The van der Waals surface area contributed by atoms with Crippen molar-refractivity contribution in [2.45, 2.75) is 6.54 Å². The summed E-state index contributed by atoms with van der Waals surface area (Å²) in [5, 5.41) is 12.0. The van der Waals surface area contributed by atoms with Crippen molar-refractivity contribution >= 4 is 38.6 Å². The molecule has 0 spiro atoms. The van der Waals surface area contributed by atoms with Crippen molar-refractivity contribution in [1.29, 1.82) is 0 Å². The van der Waals surface area contributed by atoms with Gasteiger partial charge in [-0.3, -0.25) is 0 Å². The molecule has 0 aromatic heterocycles. The molecule has 0 unspecified atom stereocenters. The molecule has 0 fully saturated rings. The third kappa shape index (κ3) is 3.92. The van der Waals surface area contributed by atoms with Gasteiger partial charge in [-0.2, -0.15) is 0 Å². The lowest BCUT2D eigenvalue weighted by molar-refractivity contribution is 0.416. The number of ether oxygens (including phenoxy) is 2. The summed E-state index contributed by atoms with van der Waals surface area (Å²) in [4.78, 5) is 0. The quantitative estimate of drug-likeness (QED) is 0.263. The van der Waals surface area contributed by atoms with Crippen molar-refractivity contribution in [3.63, 3.8) is 0 Å². The van der Waals surface area contributed by atoms with Crippen molar-refractivity contribution < 1.29 is 9.47 Å². The standard InChI is InChI=1S/C29H26N2O2/c1-32-27-17-9-7-15-25(27)30-19-24-20-11-3-5-13-22(20)29(23-14-6-4-12-21(23)24)31-26-16-8-10-18-28(26)33-2/h3-18,30-31H,19H2,1-2H3. The molecule has 33 heavy (non-hydrogen) atoms. The minimum absolute atomic E-state index is 0.677. The number of para-hydroxylation sites is 4. The molecule has 0 bridgehead atoms. The molecule has 0 saturated carbocycles. The molecule has 0 atom stereocenters. The van der Waals surface area contributed by atoms with Crippen LogP contribution in [0.2, 0.25) is 0 Å².